The number of hydrogen-bond donors (Lipinski definition) is 1. The van der Waals surface area contributed by atoms with E-state index in [1.54, 1.807) is 49.4 Å². The molecule has 3 rings (SSSR count). The first-order valence-electron chi connectivity index (χ1n) is 13.1. The minimum atomic E-state index is -4.58. The van der Waals surface area contributed by atoms with Gasteiger partial charge in [0.2, 0.25) is 0 Å². The number of aliphatic carboxylic acids is 1. The lowest BCUT2D eigenvalue weighted by Crippen LogP contribution is -2.37. The summed E-state index contributed by atoms with van der Waals surface area (Å²) < 4.78 is 55.6. The van der Waals surface area contributed by atoms with Gasteiger partial charge in [-0.2, -0.15) is 13.2 Å². The van der Waals surface area contributed by atoms with Crippen molar-refractivity contribution in [1.29, 1.82) is 0 Å². The topological polar surface area (TPSA) is 85.3 Å². The second-order valence-electron chi connectivity index (χ2n) is 9.24. The first-order valence-corrected chi connectivity index (χ1v) is 13.9. The lowest BCUT2D eigenvalue weighted by molar-refractivity contribution is -0.150. The van der Waals surface area contributed by atoms with E-state index in [4.69, 9.17) is 37.4 Å². The molecule has 226 valence electrons. The van der Waals surface area contributed by atoms with Gasteiger partial charge in [-0.15, -0.1) is 0 Å². The number of halogens is 5. The Labute approximate surface area is 251 Å². The molecule has 0 saturated heterocycles. The van der Waals surface area contributed by atoms with Gasteiger partial charge >= 0.3 is 18.2 Å². The molecule has 0 heterocycles. The molecule has 1 amide bonds. The summed E-state index contributed by atoms with van der Waals surface area (Å²) >= 11 is 12.1. The first-order chi connectivity index (χ1) is 19.9. The molecule has 0 saturated carbocycles. The summed E-state index contributed by atoms with van der Waals surface area (Å²) in [7, 11) is 0. The van der Waals surface area contributed by atoms with Gasteiger partial charge in [-0.05, 0) is 79.4 Å². The van der Waals surface area contributed by atoms with E-state index >= 15 is 0 Å². The number of ether oxygens (including phenoxy) is 3. The number of nitrogens with zero attached hydrogens (tertiary/aromatic N) is 1. The molecule has 0 spiro atoms. The van der Waals surface area contributed by atoms with E-state index in [0.717, 1.165) is 23.3 Å². The largest absolute Gasteiger partial charge is 0.492 e. The number of hydrogen-bond acceptors (Lipinski definition) is 5. The standard InChI is InChI=1S/C30H30Cl2F3NO6/c1-2-40-27(28(37)38)17-20-8-10-25(11-9-20)41-14-13-36(12-4-5-21-15-23(31)19-24(32)16-21)29(39)42-26-7-3-6-22(18-26)30(33,34)35/h3,6-11,15-16,18-19,27H,2,4-5,12-14,17H2,1H3,(H,37,38). The molecule has 0 aliphatic rings. The number of amides is 1. The highest BCUT2D eigenvalue weighted by Crippen LogP contribution is 2.31. The number of alkyl halides is 3. The van der Waals surface area contributed by atoms with Crippen molar-refractivity contribution < 1.29 is 42.1 Å². The van der Waals surface area contributed by atoms with Crippen LogP contribution < -0.4 is 9.47 Å². The van der Waals surface area contributed by atoms with Gasteiger partial charge in [0, 0.05) is 29.6 Å². The molecule has 3 aromatic carbocycles. The van der Waals surface area contributed by atoms with Crippen molar-refractivity contribution >= 4 is 35.3 Å². The van der Waals surface area contributed by atoms with Crippen LogP contribution in [-0.2, 0) is 28.5 Å². The number of carbonyl (C=O) groups is 2. The summed E-state index contributed by atoms with van der Waals surface area (Å²) in [5.41, 5.74) is 0.681. The fourth-order valence-corrected chi connectivity index (χ4v) is 4.62. The fraction of sp³-hybridized carbons (Fsp3) is 0.333. The molecule has 1 atom stereocenters. The summed E-state index contributed by atoms with van der Waals surface area (Å²) in [4.78, 5) is 25.7. The molecular weight excluding hydrogens is 598 g/mol. The van der Waals surface area contributed by atoms with Crippen LogP contribution in [0.1, 0.15) is 30.0 Å². The molecule has 7 nitrogen and oxygen atoms in total. The molecule has 42 heavy (non-hydrogen) atoms. The van der Waals surface area contributed by atoms with Crippen LogP contribution in [0.25, 0.3) is 0 Å². The summed E-state index contributed by atoms with van der Waals surface area (Å²) in [6, 6.07) is 16.0. The number of benzene rings is 3. The highest BCUT2D eigenvalue weighted by molar-refractivity contribution is 6.34. The predicted octanol–water partition coefficient (Wildman–Crippen LogP) is 7.56. The quantitative estimate of drug-likeness (QED) is 0.198. The number of aryl methyl sites for hydroxylation is 1. The van der Waals surface area contributed by atoms with Crippen LogP contribution in [0, 0.1) is 0 Å². The third kappa shape index (κ3) is 10.7. The van der Waals surface area contributed by atoms with Crippen LogP contribution >= 0.6 is 23.2 Å². The molecule has 0 fully saturated rings. The van der Waals surface area contributed by atoms with E-state index in [1.165, 1.54) is 17.0 Å². The van der Waals surface area contributed by atoms with Gasteiger partial charge < -0.3 is 24.2 Å². The van der Waals surface area contributed by atoms with E-state index in [2.05, 4.69) is 0 Å². The lowest BCUT2D eigenvalue weighted by atomic mass is 10.1. The van der Waals surface area contributed by atoms with Gasteiger partial charge in [0.1, 0.15) is 18.1 Å². The Bertz CT molecular complexity index is 1320. The second kappa shape index (κ2) is 15.7. The zero-order valence-corrected chi connectivity index (χ0v) is 24.2. The van der Waals surface area contributed by atoms with Crippen molar-refractivity contribution in [2.24, 2.45) is 0 Å². The number of carboxylic acid groups (broad SMARTS) is 1. The summed E-state index contributed by atoms with van der Waals surface area (Å²) in [5, 5.41) is 10.2. The maximum atomic E-state index is 13.1. The van der Waals surface area contributed by atoms with Crippen molar-refractivity contribution in [2.75, 3.05) is 26.3 Å². The SMILES string of the molecule is CCOC(Cc1ccc(OCCN(CCCc2cc(Cl)cc(Cl)c2)C(=O)Oc2cccc(C(F)(F)F)c2)cc1)C(=O)O. The fourth-order valence-electron chi connectivity index (χ4n) is 4.05. The Morgan fingerprint density at radius 3 is 2.24 bits per heavy atom. The number of carboxylic acids is 1. The predicted molar refractivity (Wildman–Crippen MR) is 153 cm³/mol. The van der Waals surface area contributed by atoms with Gasteiger partial charge in [0.05, 0.1) is 12.1 Å². The zero-order valence-electron chi connectivity index (χ0n) is 22.7. The van der Waals surface area contributed by atoms with Gasteiger partial charge in [0.25, 0.3) is 0 Å². The molecule has 1 N–H and O–H groups in total. The van der Waals surface area contributed by atoms with Crippen LogP contribution in [0.5, 0.6) is 11.5 Å². The Morgan fingerprint density at radius 1 is 0.929 bits per heavy atom. The highest BCUT2D eigenvalue weighted by Gasteiger charge is 2.31. The molecule has 0 bridgehead atoms. The first kappa shape index (κ1) is 33.0. The van der Waals surface area contributed by atoms with Gasteiger partial charge in [-0.3, -0.25) is 0 Å². The maximum Gasteiger partial charge on any atom is 0.416 e. The average molecular weight is 628 g/mol. The van der Waals surface area contributed by atoms with Gasteiger partial charge in [-0.1, -0.05) is 41.4 Å². The Morgan fingerprint density at radius 2 is 1.62 bits per heavy atom. The van der Waals surface area contributed by atoms with Crippen LogP contribution in [0.4, 0.5) is 18.0 Å². The third-order valence-electron chi connectivity index (χ3n) is 6.06. The summed E-state index contributed by atoms with van der Waals surface area (Å²) in [6.45, 7) is 2.37. The molecule has 3 aromatic rings. The van der Waals surface area contributed by atoms with Gasteiger partial charge in [0.15, 0.2) is 6.10 Å². The van der Waals surface area contributed by atoms with E-state index in [9.17, 15) is 27.9 Å². The van der Waals surface area contributed by atoms with Crippen LogP contribution in [-0.4, -0.2) is 54.5 Å². The second-order valence-corrected chi connectivity index (χ2v) is 10.1. The van der Waals surface area contributed by atoms with E-state index in [0.29, 0.717) is 28.6 Å². The molecule has 0 radical (unpaired) electrons. The van der Waals surface area contributed by atoms with Gasteiger partial charge in [-0.25, -0.2) is 9.59 Å². The molecule has 12 heteroatoms. The molecule has 0 aliphatic carbocycles. The maximum absolute atomic E-state index is 13.1. The van der Waals surface area contributed by atoms with E-state index in [1.807, 2.05) is 0 Å². The minimum Gasteiger partial charge on any atom is -0.492 e. The highest BCUT2D eigenvalue weighted by atomic mass is 35.5. The van der Waals surface area contributed by atoms with Crippen molar-refractivity contribution in [3.05, 3.63) is 93.5 Å². The molecule has 1 unspecified atom stereocenters. The van der Waals surface area contributed by atoms with Crippen LogP contribution in [0.2, 0.25) is 10.0 Å². The Hall–Kier alpha value is -3.47. The van der Waals surface area contributed by atoms with Crippen molar-refractivity contribution in [3.8, 4) is 11.5 Å². The van der Waals surface area contributed by atoms with E-state index in [-0.39, 0.29) is 38.5 Å². The monoisotopic (exact) mass is 627 g/mol. The molecule has 0 aliphatic heterocycles. The van der Waals surface area contributed by atoms with E-state index < -0.39 is 29.9 Å². The normalized spacial score (nSPS) is 12.0. The van der Waals surface area contributed by atoms with Crippen molar-refractivity contribution in [2.45, 2.75) is 38.5 Å². The Kier molecular flexibility index (Phi) is 12.3. The summed E-state index contributed by atoms with van der Waals surface area (Å²) in [5.74, 6) is -0.792. The smallest absolute Gasteiger partial charge is 0.416 e. The summed E-state index contributed by atoms with van der Waals surface area (Å²) in [6.07, 6.45) is -5.14. The number of rotatable bonds is 14. The third-order valence-corrected chi connectivity index (χ3v) is 6.49. The van der Waals surface area contributed by atoms with Crippen LogP contribution in [0.15, 0.2) is 66.7 Å². The number of carbonyl (C=O) groups excluding carboxylic acids is 1. The molecule has 0 aromatic heterocycles. The average Bonchev–Trinajstić information content (AvgIpc) is 2.92. The lowest BCUT2D eigenvalue weighted by Gasteiger charge is -2.22. The Balaban J connectivity index is 1.63. The van der Waals surface area contributed by atoms with Crippen molar-refractivity contribution in [1.82, 2.24) is 4.90 Å². The minimum absolute atomic E-state index is 0.0662. The molecular formula is C30H30Cl2F3NO6. The van der Waals surface area contributed by atoms with Crippen molar-refractivity contribution in [3.63, 3.8) is 0 Å². The van der Waals surface area contributed by atoms with Crippen LogP contribution in [0.3, 0.4) is 0 Å². The zero-order chi connectivity index (χ0) is 30.7.